The standard InChI is InChI=1S/C19H18FNO4/c1-13(19(23)21-17-6-4-3-5-16(17)20)25-18(22)12-9-14-7-10-15(24-2)11-8-14/h3-13H,1-2H3,(H,21,23)/b12-9+/t13-/m0/s1. The molecule has 0 unspecified atom stereocenters. The monoisotopic (exact) mass is 343 g/mol. The fraction of sp³-hybridized carbons (Fsp3) is 0.158. The molecule has 0 saturated heterocycles. The molecule has 0 spiro atoms. The van der Waals surface area contributed by atoms with E-state index in [4.69, 9.17) is 9.47 Å². The van der Waals surface area contributed by atoms with Gasteiger partial charge in [0.2, 0.25) is 0 Å². The maximum Gasteiger partial charge on any atom is 0.331 e. The van der Waals surface area contributed by atoms with Gasteiger partial charge in [-0.2, -0.15) is 0 Å². The Balaban J connectivity index is 1.89. The second-order valence-electron chi connectivity index (χ2n) is 5.15. The van der Waals surface area contributed by atoms with Crippen LogP contribution in [0, 0.1) is 5.82 Å². The zero-order valence-electron chi connectivity index (χ0n) is 13.9. The van der Waals surface area contributed by atoms with E-state index in [9.17, 15) is 14.0 Å². The largest absolute Gasteiger partial charge is 0.497 e. The molecule has 1 amide bonds. The lowest BCUT2D eigenvalue weighted by Crippen LogP contribution is -2.29. The molecule has 25 heavy (non-hydrogen) atoms. The minimum atomic E-state index is -1.06. The van der Waals surface area contributed by atoms with E-state index >= 15 is 0 Å². The molecule has 0 heterocycles. The highest BCUT2D eigenvalue weighted by Gasteiger charge is 2.17. The van der Waals surface area contributed by atoms with Crippen LogP contribution in [0.3, 0.4) is 0 Å². The third kappa shape index (κ3) is 5.46. The second-order valence-corrected chi connectivity index (χ2v) is 5.15. The highest BCUT2D eigenvalue weighted by molar-refractivity contribution is 5.96. The number of anilines is 1. The Morgan fingerprint density at radius 1 is 1.12 bits per heavy atom. The van der Waals surface area contributed by atoms with Crippen LogP contribution in [0.15, 0.2) is 54.6 Å². The molecule has 0 saturated carbocycles. The fourth-order valence-electron chi connectivity index (χ4n) is 1.94. The van der Waals surface area contributed by atoms with E-state index in [1.165, 1.54) is 31.2 Å². The molecular formula is C19H18FNO4. The van der Waals surface area contributed by atoms with Crippen molar-refractivity contribution in [3.63, 3.8) is 0 Å². The Kier molecular flexibility index (Phi) is 6.28. The number of hydrogen-bond acceptors (Lipinski definition) is 4. The SMILES string of the molecule is COc1ccc(/C=C/C(=O)O[C@@H](C)C(=O)Nc2ccccc2F)cc1. The molecule has 130 valence electrons. The van der Waals surface area contributed by atoms with Crippen LogP contribution < -0.4 is 10.1 Å². The minimum Gasteiger partial charge on any atom is -0.497 e. The maximum atomic E-state index is 13.5. The predicted molar refractivity (Wildman–Crippen MR) is 92.6 cm³/mol. The van der Waals surface area contributed by atoms with Crippen molar-refractivity contribution in [3.8, 4) is 5.75 Å². The van der Waals surface area contributed by atoms with Crippen molar-refractivity contribution >= 4 is 23.6 Å². The van der Waals surface area contributed by atoms with Gasteiger partial charge in [-0.05, 0) is 42.8 Å². The molecular weight excluding hydrogens is 325 g/mol. The Hall–Kier alpha value is -3.15. The molecule has 0 aliphatic carbocycles. The number of carbonyl (C=O) groups is 2. The quantitative estimate of drug-likeness (QED) is 0.645. The first-order valence-electron chi connectivity index (χ1n) is 7.57. The van der Waals surface area contributed by atoms with Crippen molar-refractivity contribution in [2.75, 3.05) is 12.4 Å². The van der Waals surface area contributed by atoms with E-state index in [-0.39, 0.29) is 5.69 Å². The van der Waals surface area contributed by atoms with E-state index in [0.717, 1.165) is 5.56 Å². The Morgan fingerprint density at radius 3 is 2.44 bits per heavy atom. The highest BCUT2D eigenvalue weighted by Crippen LogP contribution is 2.14. The molecule has 2 aromatic rings. The summed E-state index contributed by atoms with van der Waals surface area (Å²) >= 11 is 0. The number of para-hydroxylation sites is 1. The second kappa shape index (κ2) is 8.63. The van der Waals surface area contributed by atoms with Crippen LogP contribution in [-0.2, 0) is 14.3 Å². The molecule has 2 rings (SSSR count). The first kappa shape index (κ1) is 18.2. The van der Waals surface area contributed by atoms with Crippen molar-refractivity contribution in [2.45, 2.75) is 13.0 Å². The molecule has 0 aliphatic rings. The lowest BCUT2D eigenvalue weighted by atomic mass is 10.2. The van der Waals surface area contributed by atoms with E-state index in [1.807, 2.05) is 0 Å². The van der Waals surface area contributed by atoms with Gasteiger partial charge in [-0.15, -0.1) is 0 Å². The first-order chi connectivity index (χ1) is 12.0. The predicted octanol–water partition coefficient (Wildman–Crippen LogP) is 3.42. The van der Waals surface area contributed by atoms with Crippen LogP contribution in [0.1, 0.15) is 12.5 Å². The van der Waals surface area contributed by atoms with Crippen LogP contribution in [0.2, 0.25) is 0 Å². The summed E-state index contributed by atoms with van der Waals surface area (Å²) in [6.45, 7) is 1.41. The van der Waals surface area contributed by atoms with Gasteiger partial charge < -0.3 is 14.8 Å². The van der Waals surface area contributed by atoms with Crippen LogP contribution in [-0.4, -0.2) is 25.1 Å². The number of esters is 1. The third-order valence-electron chi connectivity index (χ3n) is 3.32. The summed E-state index contributed by atoms with van der Waals surface area (Å²) in [4.78, 5) is 23.7. The van der Waals surface area contributed by atoms with Gasteiger partial charge in [0.25, 0.3) is 5.91 Å². The Morgan fingerprint density at radius 2 is 1.80 bits per heavy atom. The van der Waals surface area contributed by atoms with Crippen molar-refractivity contribution in [3.05, 3.63) is 66.0 Å². The van der Waals surface area contributed by atoms with E-state index < -0.39 is 23.8 Å². The molecule has 6 heteroatoms. The molecule has 0 aromatic heterocycles. The van der Waals surface area contributed by atoms with Crippen LogP contribution in [0.5, 0.6) is 5.75 Å². The van der Waals surface area contributed by atoms with Gasteiger partial charge in [0.1, 0.15) is 11.6 Å². The maximum absolute atomic E-state index is 13.5. The number of methoxy groups -OCH3 is 1. The lowest BCUT2D eigenvalue weighted by Gasteiger charge is -2.12. The topological polar surface area (TPSA) is 64.6 Å². The minimum absolute atomic E-state index is 0.0316. The van der Waals surface area contributed by atoms with E-state index in [2.05, 4.69) is 5.32 Å². The zero-order valence-corrected chi connectivity index (χ0v) is 13.9. The van der Waals surface area contributed by atoms with Crippen molar-refractivity contribution in [1.82, 2.24) is 0 Å². The number of carbonyl (C=O) groups excluding carboxylic acids is 2. The number of rotatable bonds is 6. The molecule has 1 atom stereocenters. The highest BCUT2D eigenvalue weighted by atomic mass is 19.1. The molecule has 0 aliphatic heterocycles. The first-order valence-corrected chi connectivity index (χ1v) is 7.57. The Bertz CT molecular complexity index is 771. The van der Waals surface area contributed by atoms with Crippen molar-refractivity contribution < 1.29 is 23.5 Å². The summed E-state index contributed by atoms with van der Waals surface area (Å²) in [5, 5.41) is 2.37. The zero-order chi connectivity index (χ0) is 18.2. The van der Waals surface area contributed by atoms with Gasteiger partial charge in [0.15, 0.2) is 6.10 Å². The molecule has 1 N–H and O–H groups in total. The number of amides is 1. The summed E-state index contributed by atoms with van der Waals surface area (Å²) in [5.41, 5.74) is 0.811. The van der Waals surface area contributed by atoms with Gasteiger partial charge in [-0.3, -0.25) is 4.79 Å². The molecule has 0 fully saturated rings. The number of halogens is 1. The number of nitrogens with one attached hydrogen (secondary N) is 1. The third-order valence-corrected chi connectivity index (χ3v) is 3.32. The summed E-state index contributed by atoms with van der Waals surface area (Å²) in [6.07, 6.45) is 1.71. The summed E-state index contributed by atoms with van der Waals surface area (Å²) < 4.78 is 23.5. The Labute approximate surface area is 145 Å². The summed E-state index contributed by atoms with van der Waals surface area (Å²) in [7, 11) is 1.57. The average molecular weight is 343 g/mol. The summed E-state index contributed by atoms with van der Waals surface area (Å²) in [6, 6.07) is 12.8. The smallest absolute Gasteiger partial charge is 0.331 e. The van der Waals surface area contributed by atoms with Crippen LogP contribution >= 0.6 is 0 Å². The van der Waals surface area contributed by atoms with Crippen LogP contribution in [0.25, 0.3) is 6.08 Å². The van der Waals surface area contributed by atoms with Gasteiger partial charge in [0, 0.05) is 6.08 Å². The molecule has 5 nitrogen and oxygen atoms in total. The van der Waals surface area contributed by atoms with Gasteiger partial charge in [0.05, 0.1) is 12.8 Å². The fourth-order valence-corrected chi connectivity index (χ4v) is 1.94. The molecule has 0 radical (unpaired) electrons. The van der Waals surface area contributed by atoms with Crippen LogP contribution in [0.4, 0.5) is 10.1 Å². The normalized spacial score (nSPS) is 11.8. The van der Waals surface area contributed by atoms with Gasteiger partial charge >= 0.3 is 5.97 Å². The van der Waals surface area contributed by atoms with E-state index in [1.54, 1.807) is 43.5 Å². The van der Waals surface area contributed by atoms with Gasteiger partial charge in [-0.1, -0.05) is 24.3 Å². The number of benzene rings is 2. The molecule has 2 aromatic carbocycles. The summed E-state index contributed by atoms with van der Waals surface area (Å²) in [5.74, 6) is -1.14. The molecule has 0 bridgehead atoms. The van der Waals surface area contributed by atoms with Crippen molar-refractivity contribution in [1.29, 1.82) is 0 Å². The van der Waals surface area contributed by atoms with Gasteiger partial charge in [-0.25, -0.2) is 9.18 Å². The number of hydrogen-bond donors (Lipinski definition) is 1. The van der Waals surface area contributed by atoms with Crippen molar-refractivity contribution in [2.24, 2.45) is 0 Å². The average Bonchev–Trinajstić information content (AvgIpc) is 2.62. The lowest BCUT2D eigenvalue weighted by molar-refractivity contribution is -0.148. The van der Waals surface area contributed by atoms with E-state index in [0.29, 0.717) is 5.75 Å². The number of ether oxygens (including phenoxy) is 2.